The molecule has 0 N–H and O–H groups in total. The van der Waals surface area contributed by atoms with Crippen molar-refractivity contribution in [3.8, 4) is 11.5 Å². The smallest absolute Gasteiger partial charge is 0.346 e. The van der Waals surface area contributed by atoms with Crippen LogP contribution in [0.15, 0.2) is 47.6 Å². The van der Waals surface area contributed by atoms with Crippen LogP contribution >= 0.6 is 47.8 Å². The molecule has 11 heteroatoms. The number of nitrogens with zero attached hydrogens (tertiary/aromatic N) is 3. The third-order valence-corrected chi connectivity index (χ3v) is 7.58. The number of methoxy groups -OCH3 is 1. The molecule has 0 radical (unpaired) electrons. The zero-order valence-electron chi connectivity index (χ0n) is 19.8. The van der Waals surface area contributed by atoms with E-state index in [0.717, 1.165) is 4.47 Å². The molecule has 0 amide bonds. The number of hydrogen-bond donors (Lipinski definition) is 0. The molecular formula is C24H24Br3N3O5. The molecule has 1 atom stereocenters. The summed E-state index contributed by atoms with van der Waals surface area (Å²) in [7, 11) is 1.30. The molecule has 0 saturated heterocycles. The number of carbonyl (C=O) groups excluding carboxylic acids is 1. The average Bonchev–Trinajstić information content (AvgIpc) is 2.83. The Labute approximate surface area is 228 Å². The second-order valence-corrected chi connectivity index (χ2v) is 10.3. The maximum atomic E-state index is 13.3. The molecule has 0 aliphatic heterocycles. The second kappa shape index (κ2) is 11.7. The highest BCUT2D eigenvalue weighted by Crippen LogP contribution is 2.43. The van der Waals surface area contributed by atoms with Gasteiger partial charge in [-0.2, -0.15) is 9.78 Å². The van der Waals surface area contributed by atoms with Crippen LogP contribution in [-0.2, 0) is 9.53 Å². The van der Waals surface area contributed by atoms with Gasteiger partial charge in [0.1, 0.15) is 5.82 Å². The number of rotatable bonds is 8. The van der Waals surface area contributed by atoms with E-state index in [1.54, 1.807) is 31.3 Å². The third-order valence-electron chi connectivity index (χ3n) is 4.95. The van der Waals surface area contributed by atoms with E-state index >= 15 is 0 Å². The largest absolute Gasteiger partial charge is 0.490 e. The van der Waals surface area contributed by atoms with E-state index in [9.17, 15) is 9.59 Å². The highest BCUT2D eigenvalue weighted by molar-refractivity contribution is 9.13. The zero-order chi connectivity index (χ0) is 25.9. The normalized spacial score (nSPS) is 12.4. The van der Waals surface area contributed by atoms with Crippen molar-refractivity contribution < 1.29 is 19.0 Å². The Morgan fingerprint density at radius 2 is 1.89 bits per heavy atom. The van der Waals surface area contributed by atoms with Crippen LogP contribution in [-0.4, -0.2) is 41.7 Å². The highest BCUT2D eigenvalue weighted by Gasteiger charge is 2.23. The predicted octanol–water partition coefficient (Wildman–Crippen LogP) is 6.03. The van der Waals surface area contributed by atoms with E-state index in [1.807, 2.05) is 26.8 Å². The number of benzene rings is 2. The lowest BCUT2D eigenvalue weighted by atomic mass is 10.2. The van der Waals surface area contributed by atoms with Gasteiger partial charge in [-0.15, -0.1) is 0 Å². The van der Waals surface area contributed by atoms with Gasteiger partial charge in [-0.1, -0.05) is 29.8 Å². The van der Waals surface area contributed by atoms with Gasteiger partial charge in [0.2, 0.25) is 0 Å². The summed E-state index contributed by atoms with van der Waals surface area (Å²) in [4.78, 5) is 29.8. The molecule has 3 rings (SSSR count). The first-order valence-corrected chi connectivity index (χ1v) is 13.1. The zero-order valence-corrected chi connectivity index (χ0v) is 24.5. The number of carbonyl (C=O) groups is 1. The molecule has 0 unspecified atom stereocenters. The Kier molecular flexibility index (Phi) is 9.11. The van der Waals surface area contributed by atoms with Crippen molar-refractivity contribution in [1.29, 1.82) is 0 Å². The standard InChI is InChI=1S/C24H24Br3N3O5/c1-6-34-18-9-14(19(26)20(27)21(18)35-13(4)24(32)33-5)11-28-30-22(12(2)3)29-17-8-7-15(25)10-16(17)23(30)31/h7-13H,6H2,1-5H3/t13-/m0/s1. The summed E-state index contributed by atoms with van der Waals surface area (Å²) in [5.41, 5.74) is 0.954. The first kappa shape index (κ1) is 27.3. The van der Waals surface area contributed by atoms with Gasteiger partial charge in [0.05, 0.1) is 35.3 Å². The van der Waals surface area contributed by atoms with Gasteiger partial charge >= 0.3 is 5.97 Å². The third kappa shape index (κ3) is 5.95. The van der Waals surface area contributed by atoms with E-state index in [2.05, 4.69) is 57.9 Å². The molecule has 8 nitrogen and oxygen atoms in total. The van der Waals surface area contributed by atoms with Gasteiger partial charge in [-0.05, 0) is 70.0 Å². The monoisotopic (exact) mass is 671 g/mol. The summed E-state index contributed by atoms with van der Waals surface area (Å²) in [6.45, 7) is 7.69. The molecule has 0 bridgehead atoms. The first-order valence-electron chi connectivity index (χ1n) is 10.7. The Hall–Kier alpha value is -2.24. The molecule has 2 aromatic carbocycles. The molecule has 1 aromatic heterocycles. The van der Waals surface area contributed by atoms with Crippen molar-refractivity contribution in [1.82, 2.24) is 9.66 Å². The van der Waals surface area contributed by atoms with Crippen LogP contribution in [0, 0.1) is 0 Å². The fourth-order valence-electron chi connectivity index (χ4n) is 3.23. The highest BCUT2D eigenvalue weighted by atomic mass is 79.9. The molecule has 0 aliphatic rings. The number of hydrogen-bond acceptors (Lipinski definition) is 7. The molecule has 1 heterocycles. The number of halogens is 3. The molecular weight excluding hydrogens is 650 g/mol. The quantitative estimate of drug-likeness (QED) is 0.214. The number of fused-ring (bicyclic) bond motifs is 1. The lowest BCUT2D eigenvalue weighted by molar-refractivity contribution is -0.148. The molecule has 0 saturated carbocycles. The number of ether oxygens (including phenoxy) is 3. The van der Waals surface area contributed by atoms with Crippen molar-refractivity contribution in [3.63, 3.8) is 0 Å². The summed E-state index contributed by atoms with van der Waals surface area (Å²) < 4.78 is 19.5. The summed E-state index contributed by atoms with van der Waals surface area (Å²) in [5, 5.41) is 4.95. The molecule has 35 heavy (non-hydrogen) atoms. The molecule has 186 valence electrons. The molecule has 0 aliphatic carbocycles. The number of esters is 1. The minimum atomic E-state index is -0.850. The van der Waals surface area contributed by atoms with Crippen molar-refractivity contribution in [2.75, 3.05) is 13.7 Å². The summed E-state index contributed by atoms with van der Waals surface area (Å²) >= 11 is 10.5. The van der Waals surface area contributed by atoms with Crippen LogP contribution in [0.3, 0.4) is 0 Å². The van der Waals surface area contributed by atoms with Gasteiger partial charge in [0.25, 0.3) is 5.56 Å². The summed E-state index contributed by atoms with van der Waals surface area (Å²) in [6, 6.07) is 7.10. The van der Waals surface area contributed by atoms with Crippen LogP contribution in [0.5, 0.6) is 11.5 Å². The molecule has 0 fully saturated rings. The van der Waals surface area contributed by atoms with Crippen LogP contribution in [0.25, 0.3) is 10.9 Å². The Bertz CT molecular complexity index is 1350. The molecule has 3 aromatic rings. The summed E-state index contributed by atoms with van der Waals surface area (Å²) in [6.07, 6.45) is 0.695. The number of aromatic nitrogens is 2. The predicted molar refractivity (Wildman–Crippen MR) is 146 cm³/mol. The SMILES string of the molecule is CCOc1cc(C=Nn2c(C(C)C)nc3ccc(Br)cc3c2=O)c(Br)c(Br)c1O[C@@H](C)C(=O)OC. The van der Waals surface area contributed by atoms with Crippen molar-refractivity contribution in [2.45, 2.75) is 39.7 Å². The Morgan fingerprint density at radius 1 is 1.17 bits per heavy atom. The van der Waals surface area contributed by atoms with E-state index < -0.39 is 12.1 Å². The molecule has 0 spiro atoms. The minimum absolute atomic E-state index is 0.0438. The Morgan fingerprint density at radius 3 is 2.51 bits per heavy atom. The lowest BCUT2D eigenvalue weighted by Gasteiger charge is -2.19. The second-order valence-electron chi connectivity index (χ2n) is 7.78. The fraction of sp³-hybridized carbons (Fsp3) is 0.333. The Balaban J connectivity index is 2.13. The van der Waals surface area contributed by atoms with Crippen molar-refractivity contribution >= 4 is 70.9 Å². The van der Waals surface area contributed by atoms with Crippen LogP contribution < -0.4 is 15.0 Å². The topological polar surface area (TPSA) is 92.0 Å². The van der Waals surface area contributed by atoms with Gasteiger partial charge in [0, 0.05) is 20.4 Å². The maximum Gasteiger partial charge on any atom is 0.346 e. The minimum Gasteiger partial charge on any atom is -0.490 e. The van der Waals surface area contributed by atoms with Gasteiger partial charge in [0.15, 0.2) is 17.6 Å². The van der Waals surface area contributed by atoms with Crippen molar-refractivity contribution in [3.05, 3.63) is 59.4 Å². The van der Waals surface area contributed by atoms with E-state index in [0.29, 0.717) is 49.3 Å². The van der Waals surface area contributed by atoms with Crippen molar-refractivity contribution in [2.24, 2.45) is 5.10 Å². The van der Waals surface area contributed by atoms with Crippen LogP contribution in [0.2, 0.25) is 0 Å². The average molecular weight is 674 g/mol. The fourth-order valence-corrected chi connectivity index (χ4v) is 4.51. The maximum absolute atomic E-state index is 13.3. The van der Waals surface area contributed by atoms with Crippen LogP contribution in [0.4, 0.5) is 0 Å². The summed E-state index contributed by atoms with van der Waals surface area (Å²) in [5.74, 6) is 0.714. The van der Waals surface area contributed by atoms with Gasteiger partial charge in [-0.25, -0.2) is 9.78 Å². The van der Waals surface area contributed by atoms with E-state index in [4.69, 9.17) is 14.2 Å². The van der Waals surface area contributed by atoms with Gasteiger partial charge in [-0.3, -0.25) is 4.79 Å². The van der Waals surface area contributed by atoms with E-state index in [-0.39, 0.29) is 11.5 Å². The first-order chi connectivity index (χ1) is 16.6. The van der Waals surface area contributed by atoms with Gasteiger partial charge < -0.3 is 14.2 Å². The van der Waals surface area contributed by atoms with Crippen LogP contribution in [0.1, 0.15) is 45.0 Å². The van der Waals surface area contributed by atoms with E-state index in [1.165, 1.54) is 11.8 Å². The lowest BCUT2D eigenvalue weighted by Crippen LogP contribution is -2.25.